The van der Waals surface area contributed by atoms with Gasteiger partial charge in [-0.2, -0.15) is 0 Å². The Labute approximate surface area is 91.5 Å². The van der Waals surface area contributed by atoms with E-state index >= 15 is 0 Å². The molecular formula is C10H13BrO3. The molecule has 0 aliphatic heterocycles. The fraction of sp³-hybridized carbons (Fsp3) is 0.400. The minimum atomic E-state index is -0.123. The molecular weight excluding hydrogens is 248 g/mol. The Kier molecular flexibility index (Phi) is 4.38. The third-order valence-corrected chi connectivity index (χ3v) is 2.71. The van der Waals surface area contributed by atoms with Gasteiger partial charge < -0.3 is 14.9 Å². The summed E-state index contributed by atoms with van der Waals surface area (Å²) in [6.45, 7) is -0.214. The molecule has 0 aromatic heterocycles. The highest BCUT2D eigenvalue weighted by Gasteiger charge is 2.09. The van der Waals surface area contributed by atoms with E-state index in [2.05, 4.69) is 15.9 Å². The molecule has 0 saturated carbocycles. The van der Waals surface area contributed by atoms with Crippen LogP contribution in [0.5, 0.6) is 5.75 Å². The number of methoxy groups -OCH3 is 1. The molecule has 4 heteroatoms. The highest BCUT2D eigenvalue weighted by atomic mass is 79.9. The van der Waals surface area contributed by atoms with Gasteiger partial charge >= 0.3 is 0 Å². The van der Waals surface area contributed by atoms with Crippen molar-refractivity contribution in [2.45, 2.75) is 18.5 Å². The first-order valence-electron chi connectivity index (χ1n) is 4.23. The topological polar surface area (TPSA) is 49.7 Å². The van der Waals surface area contributed by atoms with E-state index in [1.54, 1.807) is 7.11 Å². The third kappa shape index (κ3) is 2.26. The Balaban J connectivity index is 3.24. The zero-order chi connectivity index (χ0) is 10.6. The summed E-state index contributed by atoms with van der Waals surface area (Å²) in [6, 6.07) is 3.70. The lowest BCUT2D eigenvalue weighted by Gasteiger charge is -2.12. The molecule has 3 nitrogen and oxygen atoms in total. The van der Waals surface area contributed by atoms with Crippen molar-refractivity contribution in [3.8, 4) is 5.75 Å². The maximum Gasteiger partial charge on any atom is 0.125 e. The number of hydrogen-bond donors (Lipinski definition) is 2. The molecule has 0 saturated heterocycles. The van der Waals surface area contributed by atoms with Gasteiger partial charge in [0.05, 0.1) is 20.3 Å². The lowest BCUT2D eigenvalue weighted by atomic mass is 10.0. The summed E-state index contributed by atoms with van der Waals surface area (Å²) in [6.07, 6.45) is 0. The van der Waals surface area contributed by atoms with E-state index in [-0.39, 0.29) is 13.2 Å². The van der Waals surface area contributed by atoms with Crippen LogP contribution < -0.4 is 4.74 Å². The van der Waals surface area contributed by atoms with Gasteiger partial charge in [-0.3, -0.25) is 0 Å². The highest BCUT2D eigenvalue weighted by molar-refractivity contribution is 9.08. The summed E-state index contributed by atoms with van der Waals surface area (Å²) in [5, 5.41) is 18.9. The first-order valence-corrected chi connectivity index (χ1v) is 5.35. The average Bonchev–Trinajstić information content (AvgIpc) is 2.26. The van der Waals surface area contributed by atoms with Crippen LogP contribution in [0.15, 0.2) is 12.1 Å². The fourth-order valence-electron chi connectivity index (χ4n) is 1.35. The molecule has 78 valence electrons. The normalized spacial score (nSPS) is 10.3. The Hall–Kier alpha value is -0.580. The lowest BCUT2D eigenvalue weighted by Crippen LogP contribution is -2.00. The number of alkyl halides is 1. The molecule has 0 atom stereocenters. The number of rotatable bonds is 4. The quantitative estimate of drug-likeness (QED) is 0.809. The van der Waals surface area contributed by atoms with Crippen LogP contribution in [0.4, 0.5) is 0 Å². The number of benzene rings is 1. The van der Waals surface area contributed by atoms with E-state index in [0.717, 1.165) is 5.56 Å². The van der Waals surface area contributed by atoms with Crippen molar-refractivity contribution >= 4 is 15.9 Å². The molecule has 2 N–H and O–H groups in total. The Morgan fingerprint density at radius 3 is 2.43 bits per heavy atom. The molecule has 1 aromatic rings. The Morgan fingerprint density at radius 2 is 2.00 bits per heavy atom. The van der Waals surface area contributed by atoms with Gasteiger partial charge in [-0.05, 0) is 17.2 Å². The van der Waals surface area contributed by atoms with Gasteiger partial charge in [-0.1, -0.05) is 22.0 Å². The van der Waals surface area contributed by atoms with Crippen LogP contribution in [0.2, 0.25) is 0 Å². The van der Waals surface area contributed by atoms with E-state index < -0.39 is 0 Å². The second-order valence-electron chi connectivity index (χ2n) is 2.89. The van der Waals surface area contributed by atoms with Crippen molar-refractivity contribution < 1.29 is 14.9 Å². The molecule has 0 amide bonds. The molecule has 0 unspecified atom stereocenters. The summed E-state index contributed by atoms with van der Waals surface area (Å²) < 4.78 is 5.13. The van der Waals surface area contributed by atoms with Gasteiger partial charge in [0.2, 0.25) is 0 Å². The molecule has 1 rings (SSSR count). The van der Waals surface area contributed by atoms with E-state index in [4.69, 9.17) is 14.9 Å². The number of halogens is 1. The van der Waals surface area contributed by atoms with Crippen LogP contribution in [0.25, 0.3) is 0 Å². The molecule has 1 aromatic carbocycles. The van der Waals surface area contributed by atoms with Crippen LogP contribution in [0.3, 0.4) is 0 Å². The van der Waals surface area contributed by atoms with E-state index in [9.17, 15) is 0 Å². The molecule has 0 aliphatic rings. The van der Waals surface area contributed by atoms with Crippen LogP contribution in [-0.2, 0) is 18.5 Å². The highest BCUT2D eigenvalue weighted by Crippen LogP contribution is 2.26. The lowest BCUT2D eigenvalue weighted by molar-refractivity contribution is 0.254. The minimum Gasteiger partial charge on any atom is -0.496 e. The molecule has 0 spiro atoms. The van der Waals surface area contributed by atoms with Crippen molar-refractivity contribution in [2.75, 3.05) is 7.11 Å². The summed E-state index contributed by atoms with van der Waals surface area (Å²) in [5.74, 6) is 0.619. The first-order chi connectivity index (χ1) is 6.76. The Morgan fingerprint density at radius 1 is 1.29 bits per heavy atom. The summed E-state index contributed by atoms with van der Waals surface area (Å²) in [7, 11) is 1.55. The maximum absolute atomic E-state index is 9.12. The monoisotopic (exact) mass is 260 g/mol. The SMILES string of the molecule is COc1cc(CBr)cc(CO)c1CO. The first kappa shape index (κ1) is 11.5. The molecule has 0 bridgehead atoms. The van der Waals surface area contributed by atoms with Crippen molar-refractivity contribution in [3.63, 3.8) is 0 Å². The maximum atomic E-state index is 9.12. The smallest absolute Gasteiger partial charge is 0.125 e. The van der Waals surface area contributed by atoms with Gasteiger partial charge in [0.25, 0.3) is 0 Å². The van der Waals surface area contributed by atoms with Crippen molar-refractivity contribution in [1.82, 2.24) is 0 Å². The summed E-state index contributed by atoms with van der Waals surface area (Å²) in [5.41, 5.74) is 2.38. The van der Waals surface area contributed by atoms with Crippen molar-refractivity contribution in [2.24, 2.45) is 0 Å². The zero-order valence-corrected chi connectivity index (χ0v) is 9.54. The Bertz CT molecular complexity index is 287. The van der Waals surface area contributed by atoms with E-state index in [1.165, 1.54) is 0 Å². The standard InChI is InChI=1S/C10H13BrO3/c1-14-10-3-7(4-11)2-8(5-12)9(10)6-13/h2-3,12-13H,4-6H2,1H3. The molecule has 0 fully saturated rings. The van der Waals surface area contributed by atoms with Crippen molar-refractivity contribution in [1.29, 1.82) is 0 Å². The summed E-state index contributed by atoms with van der Waals surface area (Å²) in [4.78, 5) is 0. The van der Waals surface area contributed by atoms with Crippen LogP contribution >= 0.6 is 15.9 Å². The molecule has 14 heavy (non-hydrogen) atoms. The largest absolute Gasteiger partial charge is 0.496 e. The second kappa shape index (κ2) is 5.34. The number of aliphatic hydroxyl groups excluding tert-OH is 2. The van der Waals surface area contributed by atoms with Gasteiger partial charge in [0.1, 0.15) is 5.75 Å². The second-order valence-corrected chi connectivity index (χ2v) is 3.45. The van der Waals surface area contributed by atoms with Gasteiger partial charge in [0, 0.05) is 10.9 Å². The van der Waals surface area contributed by atoms with Gasteiger partial charge in [-0.15, -0.1) is 0 Å². The fourth-order valence-corrected chi connectivity index (χ4v) is 1.67. The van der Waals surface area contributed by atoms with Crippen LogP contribution in [0, 0.1) is 0 Å². The van der Waals surface area contributed by atoms with Crippen molar-refractivity contribution in [3.05, 3.63) is 28.8 Å². The number of ether oxygens (including phenoxy) is 1. The van der Waals surface area contributed by atoms with Crippen LogP contribution in [-0.4, -0.2) is 17.3 Å². The molecule has 0 heterocycles. The number of hydrogen-bond acceptors (Lipinski definition) is 3. The average molecular weight is 261 g/mol. The predicted molar refractivity (Wildman–Crippen MR) is 57.5 cm³/mol. The predicted octanol–water partition coefficient (Wildman–Crippen LogP) is 1.57. The van der Waals surface area contributed by atoms with Gasteiger partial charge in [0.15, 0.2) is 0 Å². The summed E-state index contributed by atoms with van der Waals surface area (Å²) >= 11 is 3.33. The third-order valence-electron chi connectivity index (χ3n) is 2.06. The minimum absolute atomic E-state index is 0.0902. The van der Waals surface area contributed by atoms with E-state index in [1.807, 2.05) is 12.1 Å². The molecule has 0 aliphatic carbocycles. The molecule has 0 radical (unpaired) electrons. The van der Waals surface area contributed by atoms with E-state index in [0.29, 0.717) is 22.2 Å². The van der Waals surface area contributed by atoms with Crippen LogP contribution in [0.1, 0.15) is 16.7 Å². The van der Waals surface area contributed by atoms with Gasteiger partial charge in [-0.25, -0.2) is 0 Å². The zero-order valence-electron chi connectivity index (χ0n) is 7.96. The number of aliphatic hydroxyl groups is 2.